The van der Waals surface area contributed by atoms with Crippen molar-refractivity contribution in [2.24, 2.45) is 5.10 Å². The number of hydrogen-bond donors (Lipinski definition) is 2. The summed E-state index contributed by atoms with van der Waals surface area (Å²) in [5, 5.41) is 25.0. The zero-order valence-corrected chi connectivity index (χ0v) is 15.4. The number of nitrogens with zero attached hydrogens (tertiary/aromatic N) is 2. The van der Waals surface area contributed by atoms with E-state index in [0.717, 1.165) is 6.07 Å². The highest BCUT2D eigenvalue weighted by Gasteiger charge is 2.14. The number of hydrogen-bond acceptors (Lipinski definition) is 6. The van der Waals surface area contributed by atoms with Gasteiger partial charge in [-0.3, -0.25) is 14.9 Å². The molecule has 3 aromatic rings. The number of aromatic hydroxyl groups is 1. The van der Waals surface area contributed by atoms with Crippen molar-refractivity contribution in [3.8, 4) is 17.1 Å². The van der Waals surface area contributed by atoms with Gasteiger partial charge in [0.25, 0.3) is 11.6 Å². The number of phenols is 1. The first-order valence-corrected chi connectivity index (χ1v) is 8.47. The van der Waals surface area contributed by atoms with Gasteiger partial charge in [0.05, 0.1) is 33.4 Å². The molecule has 8 nitrogen and oxygen atoms in total. The van der Waals surface area contributed by atoms with Crippen molar-refractivity contribution < 1.29 is 19.2 Å². The smallest absolute Gasteiger partial charge is 0.273 e. The molecule has 0 aliphatic heterocycles. The summed E-state index contributed by atoms with van der Waals surface area (Å²) >= 11 is 11.7. The topological polar surface area (TPSA) is 118 Å². The van der Waals surface area contributed by atoms with Crippen molar-refractivity contribution >= 4 is 41.0 Å². The number of nitro benzene ring substituents is 1. The van der Waals surface area contributed by atoms with E-state index >= 15 is 0 Å². The Morgan fingerprint density at radius 3 is 2.64 bits per heavy atom. The second kappa shape index (κ2) is 8.12. The summed E-state index contributed by atoms with van der Waals surface area (Å²) in [6, 6.07) is 11.2. The third-order valence-electron chi connectivity index (χ3n) is 3.62. The molecular weight excluding hydrogens is 409 g/mol. The molecule has 1 heterocycles. The zero-order valence-electron chi connectivity index (χ0n) is 13.9. The molecule has 2 aromatic carbocycles. The van der Waals surface area contributed by atoms with Gasteiger partial charge in [0.15, 0.2) is 0 Å². The number of phenolic OH excluding ortho intramolecular Hbond substituents is 1. The van der Waals surface area contributed by atoms with Crippen LogP contribution in [0.2, 0.25) is 10.0 Å². The van der Waals surface area contributed by atoms with Crippen molar-refractivity contribution in [1.29, 1.82) is 0 Å². The van der Waals surface area contributed by atoms with Crippen molar-refractivity contribution in [2.75, 3.05) is 0 Å². The van der Waals surface area contributed by atoms with Crippen molar-refractivity contribution in [2.45, 2.75) is 0 Å². The Kier molecular flexibility index (Phi) is 5.62. The van der Waals surface area contributed by atoms with Crippen LogP contribution in [0.15, 0.2) is 58.0 Å². The molecule has 3 rings (SSSR count). The van der Waals surface area contributed by atoms with Gasteiger partial charge in [-0.05, 0) is 36.4 Å². The van der Waals surface area contributed by atoms with Crippen molar-refractivity contribution in [3.05, 3.63) is 80.0 Å². The van der Waals surface area contributed by atoms with Crippen molar-refractivity contribution in [1.82, 2.24) is 5.43 Å². The Morgan fingerprint density at radius 1 is 1.18 bits per heavy atom. The first kappa shape index (κ1) is 19.4. The van der Waals surface area contributed by atoms with Crippen LogP contribution in [0.4, 0.5) is 5.69 Å². The third kappa shape index (κ3) is 4.30. The fourth-order valence-electron chi connectivity index (χ4n) is 2.30. The van der Waals surface area contributed by atoms with Crippen LogP contribution in [0.1, 0.15) is 16.1 Å². The van der Waals surface area contributed by atoms with Crippen LogP contribution in [0.5, 0.6) is 5.75 Å². The molecule has 28 heavy (non-hydrogen) atoms. The van der Waals surface area contributed by atoms with Crippen LogP contribution in [0, 0.1) is 10.1 Å². The second-order valence-corrected chi connectivity index (χ2v) is 6.33. The highest BCUT2D eigenvalue weighted by Crippen LogP contribution is 2.33. The first-order valence-electron chi connectivity index (χ1n) is 7.71. The van der Waals surface area contributed by atoms with Gasteiger partial charge < -0.3 is 9.52 Å². The second-order valence-electron chi connectivity index (χ2n) is 5.48. The van der Waals surface area contributed by atoms with Gasteiger partial charge in [0.1, 0.15) is 17.3 Å². The number of hydrazone groups is 1. The molecule has 10 heteroatoms. The summed E-state index contributed by atoms with van der Waals surface area (Å²) in [7, 11) is 0. The molecule has 2 N–H and O–H groups in total. The summed E-state index contributed by atoms with van der Waals surface area (Å²) in [5.74, 6) is -0.258. The van der Waals surface area contributed by atoms with E-state index < -0.39 is 10.8 Å². The number of carbonyl (C=O) groups excluding carboxylic acids is 1. The number of non-ortho nitro benzene ring substituents is 1. The summed E-state index contributed by atoms with van der Waals surface area (Å²) < 4.78 is 5.50. The quantitative estimate of drug-likeness (QED) is 0.355. The SMILES string of the molecule is O=C(N/N=C\c1ccc(-c2ccc([N+](=O)[O-])cc2O)o1)c1ccc(Cl)cc1Cl. The number of benzene rings is 2. The molecular formula is C18H11Cl2N3O5. The number of carbonyl (C=O) groups is 1. The number of rotatable bonds is 5. The summed E-state index contributed by atoms with van der Waals surface area (Å²) in [4.78, 5) is 22.2. The van der Waals surface area contributed by atoms with Crippen LogP contribution in [0.25, 0.3) is 11.3 Å². The average Bonchev–Trinajstić information content (AvgIpc) is 3.10. The molecule has 0 fully saturated rings. The van der Waals surface area contributed by atoms with Gasteiger partial charge in [-0.15, -0.1) is 0 Å². The molecule has 0 saturated heterocycles. The highest BCUT2D eigenvalue weighted by molar-refractivity contribution is 6.36. The largest absolute Gasteiger partial charge is 0.507 e. The normalized spacial score (nSPS) is 10.9. The molecule has 142 valence electrons. The Balaban J connectivity index is 1.71. The number of furan rings is 1. The van der Waals surface area contributed by atoms with E-state index in [1.54, 1.807) is 12.1 Å². The molecule has 1 amide bonds. The maximum atomic E-state index is 12.1. The predicted octanol–water partition coefficient (Wildman–Crippen LogP) is 4.63. The van der Waals surface area contributed by atoms with Gasteiger partial charge in [0.2, 0.25) is 0 Å². The van der Waals surface area contributed by atoms with Gasteiger partial charge >= 0.3 is 0 Å². The molecule has 1 aromatic heterocycles. The minimum atomic E-state index is -0.612. The molecule has 0 radical (unpaired) electrons. The lowest BCUT2D eigenvalue weighted by molar-refractivity contribution is -0.384. The summed E-state index contributed by atoms with van der Waals surface area (Å²) in [6.07, 6.45) is 1.26. The van der Waals surface area contributed by atoms with Gasteiger partial charge in [-0.2, -0.15) is 5.10 Å². The predicted molar refractivity (Wildman–Crippen MR) is 104 cm³/mol. The fraction of sp³-hybridized carbons (Fsp3) is 0. The fourth-order valence-corrected chi connectivity index (χ4v) is 2.79. The van der Waals surface area contributed by atoms with E-state index in [0.29, 0.717) is 5.02 Å². The van der Waals surface area contributed by atoms with E-state index in [1.165, 1.54) is 36.5 Å². The molecule has 0 aliphatic rings. The van der Waals surface area contributed by atoms with E-state index in [1.807, 2.05) is 0 Å². The lowest BCUT2D eigenvalue weighted by atomic mass is 10.1. The van der Waals surface area contributed by atoms with Crippen molar-refractivity contribution in [3.63, 3.8) is 0 Å². The number of nitrogens with one attached hydrogen (secondary N) is 1. The lowest BCUT2D eigenvalue weighted by Gasteiger charge is -2.02. The number of amides is 1. The van der Waals surface area contributed by atoms with Crippen LogP contribution < -0.4 is 5.43 Å². The average molecular weight is 420 g/mol. The maximum Gasteiger partial charge on any atom is 0.273 e. The first-order chi connectivity index (χ1) is 13.3. The van der Waals surface area contributed by atoms with Crippen LogP contribution in [-0.2, 0) is 0 Å². The molecule has 0 unspecified atom stereocenters. The minimum Gasteiger partial charge on any atom is -0.507 e. The Bertz CT molecular complexity index is 1090. The Morgan fingerprint density at radius 2 is 1.96 bits per heavy atom. The number of halogens is 2. The van der Waals surface area contributed by atoms with Gasteiger partial charge in [0, 0.05) is 11.1 Å². The Labute approximate surface area is 168 Å². The lowest BCUT2D eigenvalue weighted by Crippen LogP contribution is -2.17. The molecule has 0 aliphatic carbocycles. The molecule has 0 bridgehead atoms. The van der Waals surface area contributed by atoms with E-state index in [-0.39, 0.29) is 39.1 Å². The molecule has 0 atom stereocenters. The van der Waals surface area contributed by atoms with E-state index in [2.05, 4.69) is 10.5 Å². The Hall–Kier alpha value is -3.36. The van der Waals surface area contributed by atoms with Crippen LogP contribution >= 0.6 is 23.2 Å². The van der Waals surface area contributed by atoms with Gasteiger partial charge in [-0.1, -0.05) is 23.2 Å². The molecule has 0 spiro atoms. The standard InChI is InChI=1S/C18H11Cl2N3O5/c19-10-1-4-13(15(20)7-10)18(25)22-21-9-12-3-6-17(28-12)14-5-2-11(23(26)27)8-16(14)24/h1-9,24H,(H,22,25)/b21-9-. The number of nitro groups is 1. The van der Waals surface area contributed by atoms with Crippen LogP contribution in [0.3, 0.4) is 0 Å². The summed E-state index contributed by atoms with van der Waals surface area (Å²) in [6.45, 7) is 0. The monoisotopic (exact) mass is 419 g/mol. The van der Waals surface area contributed by atoms with E-state index in [9.17, 15) is 20.0 Å². The van der Waals surface area contributed by atoms with Gasteiger partial charge in [-0.25, -0.2) is 5.43 Å². The maximum absolute atomic E-state index is 12.1. The summed E-state index contributed by atoms with van der Waals surface area (Å²) in [5.41, 5.74) is 2.56. The molecule has 0 saturated carbocycles. The highest BCUT2D eigenvalue weighted by atomic mass is 35.5. The van der Waals surface area contributed by atoms with Crippen LogP contribution in [-0.4, -0.2) is 22.2 Å². The van der Waals surface area contributed by atoms with E-state index in [4.69, 9.17) is 27.6 Å². The minimum absolute atomic E-state index is 0.189. The third-order valence-corrected chi connectivity index (χ3v) is 4.17. The zero-order chi connectivity index (χ0) is 20.3.